The first kappa shape index (κ1) is 14.7. The van der Waals surface area contributed by atoms with Crippen molar-refractivity contribution in [2.45, 2.75) is 39.7 Å². The van der Waals surface area contributed by atoms with E-state index in [2.05, 4.69) is 18.7 Å². The van der Waals surface area contributed by atoms with E-state index in [9.17, 15) is 4.79 Å². The van der Waals surface area contributed by atoms with Gasteiger partial charge in [0.05, 0.1) is 12.2 Å². The zero-order valence-corrected chi connectivity index (χ0v) is 12.6. The average Bonchev–Trinajstić information content (AvgIpc) is 2.89. The Labute approximate surface area is 120 Å². The fourth-order valence-corrected chi connectivity index (χ4v) is 2.91. The van der Waals surface area contributed by atoms with E-state index in [0.717, 1.165) is 12.2 Å². The van der Waals surface area contributed by atoms with Gasteiger partial charge in [-0.25, -0.2) is 4.79 Å². The van der Waals surface area contributed by atoms with Gasteiger partial charge < -0.3 is 15.4 Å². The van der Waals surface area contributed by atoms with Gasteiger partial charge in [-0.15, -0.1) is 0 Å². The third-order valence-corrected chi connectivity index (χ3v) is 3.93. The van der Waals surface area contributed by atoms with E-state index < -0.39 is 0 Å². The number of rotatable bonds is 4. The molecule has 0 aromatic heterocycles. The van der Waals surface area contributed by atoms with Crippen LogP contribution in [0.5, 0.6) is 0 Å². The van der Waals surface area contributed by atoms with Gasteiger partial charge in [0.15, 0.2) is 0 Å². The first-order chi connectivity index (χ1) is 9.54. The third kappa shape index (κ3) is 2.89. The minimum absolute atomic E-state index is 0.341. The topological polar surface area (TPSA) is 55.6 Å². The number of carbonyl (C=O) groups is 1. The number of benzene rings is 1. The molecule has 0 amide bonds. The molecule has 0 spiro atoms. The molecule has 1 heterocycles. The number of anilines is 2. The van der Waals surface area contributed by atoms with E-state index in [-0.39, 0.29) is 5.97 Å². The SMILES string of the molecule is CCOC(=O)c1cc(N2CCCC2C(C)C)ccc1N. The highest BCUT2D eigenvalue weighted by molar-refractivity contribution is 5.96. The van der Waals surface area contributed by atoms with Crippen molar-refractivity contribution in [1.29, 1.82) is 0 Å². The van der Waals surface area contributed by atoms with Crippen molar-refractivity contribution in [1.82, 2.24) is 0 Å². The lowest BCUT2D eigenvalue weighted by Crippen LogP contribution is -2.33. The number of nitrogens with two attached hydrogens (primary N) is 1. The first-order valence-corrected chi connectivity index (χ1v) is 7.38. The van der Waals surface area contributed by atoms with Crippen LogP contribution in [0, 0.1) is 5.92 Å². The molecule has 1 fully saturated rings. The lowest BCUT2D eigenvalue weighted by Gasteiger charge is -2.30. The normalized spacial score (nSPS) is 18.6. The van der Waals surface area contributed by atoms with Crippen molar-refractivity contribution in [3.63, 3.8) is 0 Å². The van der Waals surface area contributed by atoms with Gasteiger partial charge >= 0.3 is 5.97 Å². The maximum atomic E-state index is 11.9. The molecule has 110 valence electrons. The molecule has 0 bridgehead atoms. The van der Waals surface area contributed by atoms with Crippen molar-refractivity contribution in [3.05, 3.63) is 23.8 Å². The fraction of sp³-hybridized carbons (Fsp3) is 0.562. The van der Waals surface area contributed by atoms with E-state index in [1.165, 1.54) is 12.8 Å². The van der Waals surface area contributed by atoms with Crippen molar-refractivity contribution in [3.8, 4) is 0 Å². The Morgan fingerprint density at radius 2 is 2.25 bits per heavy atom. The minimum Gasteiger partial charge on any atom is -0.462 e. The van der Waals surface area contributed by atoms with Crippen molar-refractivity contribution in [2.75, 3.05) is 23.8 Å². The molecule has 1 aromatic carbocycles. The Morgan fingerprint density at radius 1 is 1.50 bits per heavy atom. The van der Waals surface area contributed by atoms with Gasteiger partial charge in [0.2, 0.25) is 0 Å². The first-order valence-electron chi connectivity index (χ1n) is 7.38. The summed E-state index contributed by atoms with van der Waals surface area (Å²) in [5, 5.41) is 0. The summed E-state index contributed by atoms with van der Waals surface area (Å²) < 4.78 is 5.06. The van der Waals surface area contributed by atoms with Crippen LogP contribution in [0.1, 0.15) is 44.0 Å². The predicted molar refractivity (Wildman–Crippen MR) is 82.0 cm³/mol. The highest BCUT2D eigenvalue weighted by atomic mass is 16.5. The zero-order valence-electron chi connectivity index (χ0n) is 12.6. The summed E-state index contributed by atoms with van der Waals surface area (Å²) in [5.41, 5.74) is 7.91. The third-order valence-electron chi connectivity index (χ3n) is 3.93. The number of nitrogen functional groups attached to an aromatic ring is 1. The van der Waals surface area contributed by atoms with Crippen LogP contribution < -0.4 is 10.6 Å². The lowest BCUT2D eigenvalue weighted by molar-refractivity contribution is 0.0527. The number of hydrogen-bond acceptors (Lipinski definition) is 4. The fourth-order valence-electron chi connectivity index (χ4n) is 2.91. The molecule has 1 aromatic rings. The van der Waals surface area contributed by atoms with Crippen LogP contribution >= 0.6 is 0 Å². The maximum Gasteiger partial charge on any atom is 0.340 e. The summed E-state index contributed by atoms with van der Waals surface area (Å²) in [6.45, 7) is 7.68. The molecule has 4 nitrogen and oxygen atoms in total. The summed E-state index contributed by atoms with van der Waals surface area (Å²) >= 11 is 0. The Morgan fingerprint density at radius 3 is 2.90 bits per heavy atom. The summed E-state index contributed by atoms with van der Waals surface area (Å²) in [4.78, 5) is 14.3. The zero-order chi connectivity index (χ0) is 14.7. The standard InChI is InChI=1S/C16H24N2O2/c1-4-20-16(19)13-10-12(7-8-14(13)17)18-9-5-6-15(18)11(2)3/h7-8,10-11,15H,4-6,9,17H2,1-3H3. The molecule has 0 radical (unpaired) electrons. The van der Waals surface area contributed by atoms with Crippen LogP contribution in [-0.4, -0.2) is 25.2 Å². The second-order valence-corrected chi connectivity index (χ2v) is 5.64. The highest BCUT2D eigenvalue weighted by Gasteiger charge is 2.28. The van der Waals surface area contributed by atoms with Gasteiger partial charge in [-0.1, -0.05) is 13.8 Å². The molecule has 20 heavy (non-hydrogen) atoms. The van der Waals surface area contributed by atoms with E-state index in [1.807, 2.05) is 12.1 Å². The lowest BCUT2D eigenvalue weighted by atomic mass is 10.0. The van der Waals surface area contributed by atoms with Gasteiger partial charge in [0, 0.05) is 24.0 Å². The molecule has 1 aliphatic rings. The summed E-state index contributed by atoms with van der Waals surface area (Å²) in [6.07, 6.45) is 2.40. The Balaban J connectivity index is 2.29. The number of carbonyl (C=O) groups excluding carboxylic acids is 1. The summed E-state index contributed by atoms with van der Waals surface area (Å²) in [7, 11) is 0. The van der Waals surface area contributed by atoms with E-state index in [0.29, 0.717) is 29.8 Å². The smallest absolute Gasteiger partial charge is 0.340 e. The summed E-state index contributed by atoms with van der Waals surface area (Å²) in [6, 6.07) is 6.21. The van der Waals surface area contributed by atoms with E-state index in [1.54, 1.807) is 13.0 Å². The van der Waals surface area contributed by atoms with E-state index >= 15 is 0 Å². The quantitative estimate of drug-likeness (QED) is 0.678. The van der Waals surface area contributed by atoms with E-state index in [4.69, 9.17) is 10.5 Å². The molecule has 0 aliphatic carbocycles. The van der Waals surface area contributed by atoms with Crippen LogP contribution in [0.2, 0.25) is 0 Å². The largest absolute Gasteiger partial charge is 0.462 e. The molecule has 2 N–H and O–H groups in total. The maximum absolute atomic E-state index is 11.9. The Bertz CT molecular complexity index is 485. The minimum atomic E-state index is -0.341. The Kier molecular flexibility index (Phi) is 4.53. The van der Waals surface area contributed by atoms with Gasteiger partial charge in [-0.05, 0) is 43.9 Å². The van der Waals surface area contributed by atoms with Crippen molar-refractivity contribution in [2.24, 2.45) is 5.92 Å². The summed E-state index contributed by atoms with van der Waals surface area (Å²) in [5.74, 6) is 0.258. The van der Waals surface area contributed by atoms with Crippen molar-refractivity contribution < 1.29 is 9.53 Å². The molecule has 4 heteroatoms. The van der Waals surface area contributed by atoms with Gasteiger partial charge in [-0.2, -0.15) is 0 Å². The number of ether oxygens (including phenoxy) is 1. The molecule has 1 atom stereocenters. The van der Waals surface area contributed by atoms with Crippen LogP contribution in [-0.2, 0) is 4.74 Å². The monoisotopic (exact) mass is 276 g/mol. The van der Waals surface area contributed by atoms with Crippen LogP contribution in [0.15, 0.2) is 18.2 Å². The average molecular weight is 276 g/mol. The number of hydrogen-bond donors (Lipinski definition) is 1. The molecule has 1 unspecified atom stereocenters. The number of esters is 1. The van der Waals surface area contributed by atoms with Gasteiger partial charge in [-0.3, -0.25) is 0 Å². The molecular formula is C16H24N2O2. The second-order valence-electron chi connectivity index (χ2n) is 5.64. The second kappa shape index (κ2) is 6.16. The number of nitrogens with zero attached hydrogens (tertiary/aromatic N) is 1. The molecule has 1 aliphatic heterocycles. The van der Waals surface area contributed by atoms with Crippen LogP contribution in [0.25, 0.3) is 0 Å². The van der Waals surface area contributed by atoms with Crippen LogP contribution in [0.3, 0.4) is 0 Å². The molecule has 1 saturated heterocycles. The van der Waals surface area contributed by atoms with Crippen molar-refractivity contribution >= 4 is 17.3 Å². The van der Waals surface area contributed by atoms with Gasteiger partial charge in [0.1, 0.15) is 0 Å². The van der Waals surface area contributed by atoms with Gasteiger partial charge in [0.25, 0.3) is 0 Å². The molecule has 2 rings (SSSR count). The highest BCUT2D eigenvalue weighted by Crippen LogP contribution is 2.31. The predicted octanol–water partition coefficient (Wildman–Crippen LogP) is 3.07. The molecule has 0 saturated carbocycles. The van der Waals surface area contributed by atoms with Crippen LogP contribution in [0.4, 0.5) is 11.4 Å². The Hall–Kier alpha value is -1.71. The molecular weight excluding hydrogens is 252 g/mol.